The van der Waals surface area contributed by atoms with Gasteiger partial charge in [-0.3, -0.25) is 4.79 Å². The van der Waals surface area contributed by atoms with Gasteiger partial charge in [-0.25, -0.2) is 13.4 Å². The quantitative estimate of drug-likeness (QED) is 0.602. The van der Waals surface area contributed by atoms with Gasteiger partial charge in [-0.2, -0.15) is 4.31 Å². The first-order chi connectivity index (χ1) is 14.7. The van der Waals surface area contributed by atoms with E-state index in [1.165, 1.54) is 4.31 Å². The van der Waals surface area contributed by atoms with Gasteiger partial charge in [0.05, 0.1) is 9.90 Å². The van der Waals surface area contributed by atoms with Crippen molar-refractivity contribution in [3.05, 3.63) is 44.9 Å². The standard InChI is InChI=1S/C23H33N3O3S2/c1-16-13-17(2)22(18(3)14-16)31(28,29)26-11-8-20(9-12-26)23(27)24-10-6-5-7-21-25-19(4)15-30-21/h13-15,20H,5-12H2,1-4H3,(H,24,27). The number of carbonyl (C=O) groups is 1. The van der Waals surface area contributed by atoms with Crippen molar-refractivity contribution in [3.63, 3.8) is 0 Å². The van der Waals surface area contributed by atoms with Crippen molar-refractivity contribution in [1.29, 1.82) is 0 Å². The Balaban J connectivity index is 1.46. The lowest BCUT2D eigenvalue weighted by Crippen LogP contribution is -2.43. The van der Waals surface area contributed by atoms with Crippen LogP contribution in [0.1, 0.15) is 53.1 Å². The van der Waals surface area contributed by atoms with Crippen LogP contribution in [0.2, 0.25) is 0 Å². The average Bonchev–Trinajstić information content (AvgIpc) is 3.11. The van der Waals surface area contributed by atoms with E-state index < -0.39 is 10.0 Å². The number of nitrogens with one attached hydrogen (secondary N) is 1. The molecule has 1 aromatic carbocycles. The van der Waals surface area contributed by atoms with Gasteiger partial charge in [-0.05, 0) is 70.9 Å². The number of thiazole rings is 1. The van der Waals surface area contributed by atoms with Crippen molar-refractivity contribution in [2.75, 3.05) is 19.6 Å². The van der Waals surface area contributed by atoms with Crippen LogP contribution in [-0.2, 0) is 21.2 Å². The topological polar surface area (TPSA) is 79.4 Å². The maximum atomic E-state index is 13.2. The molecule has 1 saturated heterocycles. The highest BCUT2D eigenvalue weighted by Gasteiger charge is 2.33. The first-order valence-electron chi connectivity index (χ1n) is 10.9. The fourth-order valence-electron chi connectivity index (χ4n) is 4.34. The first kappa shape index (κ1) is 23.9. The second-order valence-electron chi connectivity index (χ2n) is 8.54. The number of carbonyl (C=O) groups excluding carboxylic acids is 1. The summed E-state index contributed by atoms with van der Waals surface area (Å²) in [6, 6.07) is 3.82. The molecular weight excluding hydrogens is 430 g/mol. The Kier molecular flexibility index (Phi) is 7.88. The molecule has 6 nitrogen and oxygen atoms in total. The number of aromatic nitrogens is 1. The van der Waals surface area contributed by atoms with Gasteiger partial charge in [0.2, 0.25) is 15.9 Å². The first-order valence-corrected chi connectivity index (χ1v) is 13.3. The second-order valence-corrected chi connectivity index (χ2v) is 11.4. The summed E-state index contributed by atoms with van der Waals surface area (Å²) in [5.41, 5.74) is 3.69. The molecule has 3 rings (SSSR count). The molecule has 1 aliphatic heterocycles. The normalized spacial score (nSPS) is 15.9. The molecule has 0 saturated carbocycles. The average molecular weight is 464 g/mol. The molecule has 1 aliphatic rings. The highest BCUT2D eigenvalue weighted by molar-refractivity contribution is 7.89. The Morgan fingerprint density at radius 3 is 2.35 bits per heavy atom. The van der Waals surface area contributed by atoms with Crippen LogP contribution in [0.15, 0.2) is 22.4 Å². The van der Waals surface area contributed by atoms with Gasteiger partial charge in [0.25, 0.3) is 0 Å². The van der Waals surface area contributed by atoms with Crippen molar-refractivity contribution < 1.29 is 13.2 Å². The molecule has 2 heterocycles. The van der Waals surface area contributed by atoms with E-state index in [2.05, 4.69) is 15.7 Å². The SMILES string of the molecule is Cc1cc(C)c(S(=O)(=O)N2CCC(C(=O)NCCCCc3nc(C)cs3)CC2)c(C)c1. The molecule has 1 aromatic heterocycles. The zero-order chi connectivity index (χ0) is 22.6. The van der Waals surface area contributed by atoms with E-state index in [0.29, 0.717) is 37.4 Å². The Morgan fingerprint density at radius 2 is 1.77 bits per heavy atom. The lowest BCUT2D eigenvalue weighted by molar-refractivity contribution is -0.126. The van der Waals surface area contributed by atoms with E-state index in [4.69, 9.17) is 0 Å². The van der Waals surface area contributed by atoms with E-state index in [1.54, 1.807) is 11.3 Å². The fraction of sp³-hybridized carbons (Fsp3) is 0.565. The Labute approximate surface area is 190 Å². The van der Waals surface area contributed by atoms with Gasteiger partial charge in [0.1, 0.15) is 0 Å². The van der Waals surface area contributed by atoms with Crippen LogP contribution in [0, 0.1) is 33.6 Å². The third-order valence-electron chi connectivity index (χ3n) is 5.81. The van der Waals surface area contributed by atoms with Gasteiger partial charge in [-0.1, -0.05) is 17.7 Å². The number of nitrogens with zero attached hydrogens (tertiary/aromatic N) is 2. The van der Waals surface area contributed by atoms with Crippen LogP contribution in [0.5, 0.6) is 0 Å². The van der Waals surface area contributed by atoms with Crippen molar-refractivity contribution in [3.8, 4) is 0 Å². The van der Waals surface area contributed by atoms with E-state index in [1.807, 2.05) is 39.8 Å². The van der Waals surface area contributed by atoms with Gasteiger partial charge < -0.3 is 5.32 Å². The van der Waals surface area contributed by atoms with Gasteiger partial charge >= 0.3 is 0 Å². The van der Waals surface area contributed by atoms with Crippen LogP contribution in [0.3, 0.4) is 0 Å². The fourth-order valence-corrected chi connectivity index (χ4v) is 7.04. The number of unbranched alkanes of at least 4 members (excludes halogenated alkanes) is 1. The maximum absolute atomic E-state index is 13.2. The van der Waals surface area contributed by atoms with Gasteiger partial charge in [0, 0.05) is 36.6 Å². The minimum atomic E-state index is -3.54. The summed E-state index contributed by atoms with van der Waals surface area (Å²) in [6.07, 6.45) is 3.99. The van der Waals surface area contributed by atoms with Crippen LogP contribution in [-0.4, -0.2) is 43.2 Å². The summed E-state index contributed by atoms with van der Waals surface area (Å²) in [5, 5.41) is 6.24. The number of hydrogen-bond donors (Lipinski definition) is 1. The van der Waals surface area contributed by atoms with Crippen molar-refractivity contribution in [2.45, 2.75) is 64.7 Å². The minimum Gasteiger partial charge on any atom is -0.356 e. The van der Waals surface area contributed by atoms with Crippen molar-refractivity contribution >= 4 is 27.3 Å². The summed E-state index contributed by atoms with van der Waals surface area (Å²) >= 11 is 1.69. The van der Waals surface area contributed by atoms with E-state index in [9.17, 15) is 13.2 Å². The van der Waals surface area contributed by atoms with Gasteiger partial charge in [-0.15, -0.1) is 11.3 Å². The Morgan fingerprint density at radius 1 is 1.13 bits per heavy atom. The molecule has 170 valence electrons. The molecule has 0 atom stereocenters. The summed E-state index contributed by atoms with van der Waals surface area (Å²) in [7, 11) is -3.54. The molecule has 0 bridgehead atoms. The molecule has 1 fully saturated rings. The number of sulfonamides is 1. The Hall–Kier alpha value is -1.77. The molecule has 2 aromatic rings. The summed E-state index contributed by atoms with van der Waals surface area (Å²) < 4.78 is 27.9. The highest BCUT2D eigenvalue weighted by atomic mass is 32.2. The molecule has 0 unspecified atom stereocenters. The number of rotatable bonds is 8. The number of piperidine rings is 1. The second kappa shape index (κ2) is 10.2. The third kappa shape index (κ3) is 5.93. The number of amides is 1. The van der Waals surface area contributed by atoms with Crippen LogP contribution < -0.4 is 5.32 Å². The lowest BCUT2D eigenvalue weighted by Gasteiger charge is -2.31. The number of hydrogen-bond acceptors (Lipinski definition) is 5. The van der Waals surface area contributed by atoms with E-state index in [-0.39, 0.29) is 11.8 Å². The number of benzene rings is 1. The smallest absolute Gasteiger partial charge is 0.243 e. The van der Waals surface area contributed by atoms with Crippen molar-refractivity contribution in [1.82, 2.24) is 14.6 Å². The molecule has 1 amide bonds. The minimum absolute atomic E-state index is 0.0461. The molecule has 31 heavy (non-hydrogen) atoms. The van der Waals surface area contributed by atoms with Crippen LogP contribution in [0.25, 0.3) is 0 Å². The molecule has 0 radical (unpaired) electrons. The van der Waals surface area contributed by atoms with Gasteiger partial charge in [0.15, 0.2) is 0 Å². The van der Waals surface area contributed by atoms with E-state index in [0.717, 1.165) is 46.7 Å². The summed E-state index contributed by atoms with van der Waals surface area (Å²) in [4.78, 5) is 17.4. The summed E-state index contributed by atoms with van der Waals surface area (Å²) in [6.45, 7) is 9.10. The van der Waals surface area contributed by atoms with Crippen LogP contribution in [0.4, 0.5) is 0 Å². The number of aryl methyl sites for hydroxylation is 5. The largest absolute Gasteiger partial charge is 0.356 e. The monoisotopic (exact) mass is 463 g/mol. The zero-order valence-corrected chi connectivity index (χ0v) is 20.5. The predicted octanol–water partition coefficient (Wildman–Crippen LogP) is 3.92. The summed E-state index contributed by atoms with van der Waals surface area (Å²) in [5.74, 6) is -0.0712. The Bertz CT molecular complexity index is 999. The molecule has 0 spiro atoms. The van der Waals surface area contributed by atoms with Crippen molar-refractivity contribution in [2.24, 2.45) is 5.92 Å². The predicted molar refractivity (Wildman–Crippen MR) is 125 cm³/mol. The molecule has 1 N–H and O–H groups in total. The lowest BCUT2D eigenvalue weighted by atomic mass is 9.97. The molecule has 0 aliphatic carbocycles. The molecule has 8 heteroatoms. The third-order valence-corrected chi connectivity index (χ3v) is 9.04. The maximum Gasteiger partial charge on any atom is 0.243 e. The van der Waals surface area contributed by atoms with E-state index >= 15 is 0 Å². The van der Waals surface area contributed by atoms with Crippen LogP contribution >= 0.6 is 11.3 Å². The molecular formula is C23H33N3O3S2. The highest BCUT2D eigenvalue weighted by Crippen LogP contribution is 2.28. The zero-order valence-electron chi connectivity index (χ0n) is 18.9.